The van der Waals surface area contributed by atoms with Gasteiger partial charge in [0.15, 0.2) is 0 Å². The van der Waals surface area contributed by atoms with Gasteiger partial charge in [-0.3, -0.25) is 4.79 Å². The molecule has 1 aromatic carbocycles. The molecule has 1 aromatic rings. The van der Waals surface area contributed by atoms with Crippen LogP contribution in [0.5, 0.6) is 0 Å². The lowest BCUT2D eigenvalue weighted by Crippen LogP contribution is -2.39. The van der Waals surface area contributed by atoms with Crippen LogP contribution in [0.1, 0.15) is 36.7 Å². The molecule has 3 nitrogen and oxygen atoms in total. The molecule has 20 heavy (non-hydrogen) atoms. The maximum atomic E-state index is 12.3. The number of amides is 1. The van der Waals surface area contributed by atoms with E-state index < -0.39 is 0 Å². The summed E-state index contributed by atoms with van der Waals surface area (Å²) in [5.41, 5.74) is 7.67. The Morgan fingerprint density at radius 2 is 1.90 bits per heavy atom. The quantitative estimate of drug-likeness (QED) is 0.841. The zero-order valence-corrected chi connectivity index (χ0v) is 13.8. The first kappa shape index (κ1) is 17.1. The summed E-state index contributed by atoms with van der Waals surface area (Å²) in [5.74, 6) is 2.17. The fourth-order valence-electron chi connectivity index (χ4n) is 1.96. The van der Waals surface area contributed by atoms with Crippen molar-refractivity contribution >= 4 is 17.7 Å². The highest BCUT2D eigenvalue weighted by Gasteiger charge is 2.21. The van der Waals surface area contributed by atoms with Crippen LogP contribution in [0.2, 0.25) is 0 Å². The summed E-state index contributed by atoms with van der Waals surface area (Å²) >= 11 is 1.88. The van der Waals surface area contributed by atoms with Crippen molar-refractivity contribution in [2.75, 3.05) is 25.9 Å². The Bertz CT molecular complexity index is 429. The molecule has 1 rings (SSSR count). The van der Waals surface area contributed by atoms with Crippen molar-refractivity contribution in [2.45, 2.75) is 26.5 Å². The average Bonchev–Trinajstić information content (AvgIpc) is 2.44. The van der Waals surface area contributed by atoms with Gasteiger partial charge in [0.25, 0.3) is 5.91 Å². The third kappa shape index (κ3) is 5.17. The lowest BCUT2D eigenvalue weighted by atomic mass is 9.93. The lowest BCUT2D eigenvalue weighted by Gasteiger charge is -2.29. The van der Waals surface area contributed by atoms with Crippen molar-refractivity contribution in [2.24, 2.45) is 11.1 Å². The van der Waals surface area contributed by atoms with Gasteiger partial charge in [0.1, 0.15) is 0 Å². The number of benzene rings is 1. The number of hydrogen-bond acceptors (Lipinski definition) is 3. The van der Waals surface area contributed by atoms with Gasteiger partial charge >= 0.3 is 0 Å². The van der Waals surface area contributed by atoms with E-state index in [9.17, 15) is 4.79 Å². The van der Waals surface area contributed by atoms with Crippen molar-refractivity contribution in [1.29, 1.82) is 0 Å². The van der Waals surface area contributed by atoms with E-state index in [-0.39, 0.29) is 11.3 Å². The van der Waals surface area contributed by atoms with Crippen molar-refractivity contribution in [3.63, 3.8) is 0 Å². The highest BCUT2D eigenvalue weighted by molar-refractivity contribution is 7.98. The summed E-state index contributed by atoms with van der Waals surface area (Å²) in [7, 11) is 1.83. The van der Waals surface area contributed by atoms with Gasteiger partial charge in [0.05, 0.1) is 0 Å². The summed E-state index contributed by atoms with van der Waals surface area (Å²) in [5, 5.41) is 0. The maximum absolute atomic E-state index is 12.3. The van der Waals surface area contributed by atoms with Crippen molar-refractivity contribution in [3.05, 3.63) is 35.4 Å². The summed E-state index contributed by atoms with van der Waals surface area (Å²) in [6, 6.07) is 7.91. The molecule has 1 amide bonds. The minimum Gasteiger partial charge on any atom is -0.341 e. The summed E-state index contributed by atoms with van der Waals surface area (Å²) < 4.78 is 0. The highest BCUT2D eigenvalue weighted by atomic mass is 32.2. The van der Waals surface area contributed by atoms with Gasteiger partial charge in [0, 0.05) is 24.9 Å². The molecular weight excluding hydrogens is 268 g/mol. The predicted molar refractivity (Wildman–Crippen MR) is 88.1 cm³/mol. The number of thioether (sulfide) groups is 1. The van der Waals surface area contributed by atoms with Crippen LogP contribution in [0.15, 0.2) is 24.3 Å². The molecular formula is C16H26N2OS. The molecule has 0 aliphatic carbocycles. The molecule has 0 aliphatic rings. The normalized spacial score (nSPS) is 11.4. The summed E-state index contributed by atoms with van der Waals surface area (Å²) in [6.45, 7) is 7.52. The van der Waals surface area contributed by atoms with E-state index in [2.05, 4.69) is 20.8 Å². The van der Waals surface area contributed by atoms with E-state index in [1.54, 1.807) is 4.90 Å². The number of hydrogen-bond donors (Lipinski definition) is 1. The second-order valence-electron chi connectivity index (χ2n) is 5.86. The van der Waals surface area contributed by atoms with E-state index in [4.69, 9.17) is 5.73 Å². The molecule has 0 fully saturated rings. The van der Waals surface area contributed by atoms with Gasteiger partial charge < -0.3 is 10.6 Å². The molecule has 0 unspecified atom stereocenters. The van der Waals surface area contributed by atoms with Crippen LogP contribution in [-0.2, 0) is 5.75 Å². The molecule has 0 saturated heterocycles. The van der Waals surface area contributed by atoms with Gasteiger partial charge in [-0.25, -0.2) is 0 Å². The fourth-order valence-corrected chi connectivity index (χ4v) is 2.59. The SMILES string of the molecule is CCSCc1ccc(C(=O)N(C)CC(C)(C)CN)cc1. The first-order chi connectivity index (χ1) is 9.39. The monoisotopic (exact) mass is 294 g/mol. The maximum Gasteiger partial charge on any atom is 0.253 e. The molecule has 0 heterocycles. The zero-order chi connectivity index (χ0) is 15.2. The first-order valence-electron chi connectivity index (χ1n) is 7.02. The van der Waals surface area contributed by atoms with E-state index >= 15 is 0 Å². The summed E-state index contributed by atoms with van der Waals surface area (Å²) in [4.78, 5) is 14.1. The van der Waals surface area contributed by atoms with Crippen LogP contribution >= 0.6 is 11.8 Å². The number of rotatable bonds is 7. The van der Waals surface area contributed by atoms with Crippen molar-refractivity contribution in [3.8, 4) is 0 Å². The number of carbonyl (C=O) groups excluding carboxylic acids is 1. The molecule has 0 aromatic heterocycles. The van der Waals surface area contributed by atoms with Gasteiger partial charge in [-0.15, -0.1) is 0 Å². The molecule has 0 radical (unpaired) electrons. The Labute approximate surface area is 126 Å². The molecule has 2 N–H and O–H groups in total. The second kappa shape index (κ2) is 7.70. The van der Waals surface area contributed by atoms with Gasteiger partial charge in [0.2, 0.25) is 0 Å². The fraction of sp³-hybridized carbons (Fsp3) is 0.562. The van der Waals surface area contributed by atoms with E-state index in [0.717, 1.165) is 17.1 Å². The third-order valence-corrected chi connectivity index (χ3v) is 4.18. The molecule has 112 valence electrons. The minimum absolute atomic E-state index is 0.0535. The van der Waals surface area contributed by atoms with Crippen LogP contribution in [0.25, 0.3) is 0 Å². The Morgan fingerprint density at radius 3 is 2.40 bits per heavy atom. The summed E-state index contributed by atoms with van der Waals surface area (Å²) in [6.07, 6.45) is 0. The predicted octanol–water partition coefficient (Wildman–Crippen LogP) is 3.00. The molecule has 0 bridgehead atoms. The molecule has 0 saturated carbocycles. The number of nitrogens with two attached hydrogens (primary N) is 1. The molecule has 0 aliphatic heterocycles. The largest absolute Gasteiger partial charge is 0.341 e. The van der Waals surface area contributed by atoms with Gasteiger partial charge in [-0.05, 0) is 35.4 Å². The van der Waals surface area contributed by atoms with E-state index in [1.165, 1.54) is 5.56 Å². The van der Waals surface area contributed by atoms with Gasteiger partial charge in [-0.1, -0.05) is 32.9 Å². The van der Waals surface area contributed by atoms with Crippen LogP contribution < -0.4 is 5.73 Å². The van der Waals surface area contributed by atoms with Crippen molar-refractivity contribution < 1.29 is 4.79 Å². The van der Waals surface area contributed by atoms with Crippen LogP contribution in [0.4, 0.5) is 0 Å². The standard InChI is InChI=1S/C16H26N2OS/c1-5-20-10-13-6-8-14(9-7-13)15(19)18(4)12-16(2,3)11-17/h6-9H,5,10-12,17H2,1-4H3. The first-order valence-corrected chi connectivity index (χ1v) is 8.17. The van der Waals surface area contributed by atoms with E-state index in [0.29, 0.717) is 13.1 Å². The minimum atomic E-state index is -0.0535. The molecule has 0 atom stereocenters. The van der Waals surface area contributed by atoms with Gasteiger partial charge in [-0.2, -0.15) is 11.8 Å². The van der Waals surface area contributed by atoms with Crippen LogP contribution in [-0.4, -0.2) is 36.7 Å². The second-order valence-corrected chi connectivity index (χ2v) is 7.14. The lowest BCUT2D eigenvalue weighted by molar-refractivity contribution is 0.0740. The zero-order valence-electron chi connectivity index (χ0n) is 13.0. The Morgan fingerprint density at radius 1 is 1.30 bits per heavy atom. The Kier molecular flexibility index (Phi) is 6.56. The highest BCUT2D eigenvalue weighted by Crippen LogP contribution is 2.17. The van der Waals surface area contributed by atoms with E-state index in [1.807, 2.05) is 43.1 Å². The van der Waals surface area contributed by atoms with Crippen molar-refractivity contribution in [1.82, 2.24) is 4.90 Å². The third-order valence-electron chi connectivity index (χ3n) is 3.24. The van der Waals surface area contributed by atoms with Crippen LogP contribution in [0, 0.1) is 5.41 Å². The Balaban J connectivity index is 2.67. The topological polar surface area (TPSA) is 46.3 Å². The smallest absolute Gasteiger partial charge is 0.253 e. The molecule has 4 heteroatoms. The molecule has 0 spiro atoms. The van der Waals surface area contributed by atoms with Crippen LogP contribution in [0.3, 0.4) is 0 Å². The Hall–Kier alpha value is -1.00. The number of nitrogens with zero attached hydrogens (tertiary/aromatic N) is 1. The number of carbonyl (C=O) groups is 1. The average molecular weight is 294 g/mol.